The van der Waals surface area contributed by atoms with Crippen LogP contribution in [0.2, 0.25) is 0 Å². The monoisotopic (exact) mass is 362 g/mol. The zero-order chi connectivity index (χ0) is 19.5. The summed E-state index contributed by atoms with van der Waals surface area (Å²) in [5.41, 5.74) is 4.74. The molecule has 1 aliphatic carbocycles. The number of hydrogen-bond donors (Lipinski definition) is 0. The van der Waals surface area contributed by atoms with Crippen molar-refractivity contribution in [2.24, 2.45) is 5.41 Å². The highest BCUT2D eigenvalue weighted by Gasteiger charge is 2.39. The van der Waals surface area contributed by atoms with Crippen LogP contribution in [0, 0.1) is 5.41 Å². The predicted octanol–water partition coefficient (Wildman–Crippen LogP) is 7.10. The molecule has 1 aliphatic rings. The van der Waals surface area contributed by atoms with Crippen LogP contribution in [0.15, 0.2) is 127 Å². The Labute approximate surface area is 168 Å². The predicted molar refractivity (Wildman–Crippen MR) is 119 cm³/mol. The molecule has 3 aromatic carbocycles. The van der Waals surface area contributed by atoms with Gasteiger partial charge in [0.2, 0.25) is 0 Å². The fourth-order valence-electron chi connectivity index (χ4n) is 4.26. The molecule has 0 unspecified atom stereocenters. The number of allylic oxidation sites excluding steroid dienone is 6. The van der Waals surface area contributed by atoms with Crippen molar-refractivity contribution in [2.75, 3.05) is 0 Å². The third kappa shape index (κ3) is 3.27. The molecule has 0 aliphatic heterocycles. The summed E-state index contributed by atoms with van der Waals surface area (Å²) in [6.45, 7) is 4.53. The molecule has 0 saturated carbocycles. The van der Waals surface area contributed by atoms with Crippen LogP contribution < -0.4 is 0 Å². The molecular weight excluding hydrogens is 336 g/mol. The van der Waals surface area contributed by atoms with E-state index in [2.05, 4.69) is 135 Å². The lowest BCUT2D eigenvalue weighted by molar-refractivity contribution is 0.608. The fourth-order valence-corrected chi connectivity index (χ4v) is 4.26. The van der Waals surface area contributed by atoms with Crippen LogP contribution in [0.3, 0.4) is 0 Å². The Morgan fingerprint density at radius 1 is 0.571 bits per heavy atom. The summed E-state index contributed by atoms with van der Waals surface area (Å²) in [4.78, 5) is 0. The van der Waals surface area contributed by atoms with E-state index < -0.39 is 0 Å². The van der Waals surface area contributed by atoms with Gasteiger partial charge in [-0.1, -0.05) is 135 Å². The van der Waals surface area contributed by atoms with Gasteiger partial charge in [-0.25, -0.2) is 0 Å². The molecule has 0 nitrogen and oxygen atoms in total. The second-order valence-corrected chi connectivity index (χ2v) is 7.99. The summed E-state index contributed by atoms with van der Waals surface area (Å²) in [6.07, 6.45) is 11.3. The minimum Gasteiger partial charge on any atom is -0.0751 e. The van der Waals surface area contributed by atoms with Gasteiger partial charge >= 0.3 is 0 Å². The van der Waals surface area contributed by atoms with Gasteiger partial charge in [0.05, 0.1) is 5.41 Å². The van der Waals surface area contributed by atoms with Crippen molar-refractivity contribution in [3.63, 3.8) is 0 Å². The molecule has 0 bridgehead atoms. The number of benzene rings is 3. The Balaban J connectivity index is 2.12. The average molecular weight is 363 g/mol. The first kappa shape index (κ1) is 18.3. The van der Waals surface area contributed by atoms with Gasteiger partial charge in [-0.15, -0.1) is 0 Å². The maximum absolute atomic E-state index is 2.42. The molecule has 0 N–H and O–H groups in total. The maximum atomic E-state index is 2.42. The van der Waals surface area contributed by atoms with Crippen molar-refractivity contribution in [3.05, 3.63) is 144 Å². The lowest BCUT2D eigenvalue weighted by Crippen LogP contribution is -2.32. The first-order valence-corrected chi connectivity index (χ1v) is 9.89. The van der Waals surface area contributed by atoms with Crippen LogP contribution in [-0.2, 0) is 5.41 Å². The third-order valence-corrected chi connectivity index (χ3v) is 5.49. The van der Waals surface area contributed by atoms with E-state index in [1.54, 1.807) is 0 Å². The Bertz CT molecular complexity index is 907. The van der Waals surface area contributed by atoms with Gasteiger partial charge in [0.1, 0.15) is 0 Å². The van der Waals surface area contributed by atoms with Crippen molar-refractivity contribution < 1.29 is 0 Å². The molecule has 0 atom stereocenters. The van der Waals surface area contributed by atoms with Gasteiger partial charge < -0.3 is 0 Å². The van der Waals surface area contributed by atoms with Crippen molar-refractivity contribution >= 4 is 0 Å². The van der Waals surface area contributed by atoms with Crippen molar-refractivity contribution in [2.45, 2.75) is 19.3 Å². The molecule has 0 saturated heterocycles. The highest BCUT2D eigenvalue weighted by molar-refractivity contribution is 5.62. The van der Waals surface area contributed by atoms with Crippen LogP contribution in [0.5, 0.6) is 0 Å². The van der Waals surface area contributed by atoms with Gasteiger partial charge in [-0.3, -0.25) is 0 Å². The maximum Gasteiger partial charge on any atom is 0.0698 e. The number of rotatable bonds is 4. The molecule has 138 valence electrons. The second-order valence-electron chi connectivity index (χ2n) is 7.99. The Morgan fingerprint density at radius 3 is 1.43 bits per heavy atom. The lowest BCUT2D eigenvalue weighted by Gasteiger charge is -2.38. The molecule has 0 fully saturated rings. The second kappa shape index (κ2) is 7.48. The Kier molecular flexibility index (Phi) is 4.88. The quantitative estimate of drug-likeness (QED) is 0.434. The van der Waals surface area contributed by atoms with E-state index in [9.17, 15) is 0 Å². The zero-order valence-electron chi connectivity index (χ0n) is 16.5. The Hall–Kier alpha value is -3.12. The molecule has 0 aromatic heterocycles. The molecule has 28 heavy (non-hydrogen) atoms. The average Bonchev–Trinajstić information content (AvgIpc) is 2.92. The van der Waals surface area contributed by atoms with E-state index in [0.29, 0.717) is 0 Å². The van der Waals surface area contributed by atoms with E-state index in [1.165, 1.54) is 22.3 Å². The van der Waals surface area contributed by atoms with Crippen LogP contribution >= 0.6 is 0 Å². The van der Waals surface area contributed by atoms with Gasteiger partial charge in [-0.05, 0) is 22.3 Å². The SMILES string of the molecule is CC1(C)C=CC=CC(C(c2ccccc2)(c2ccccc2)c2ccccc2)=C1. The Morgan fingerprint density at radius 2 is 1.00 bits per heavy atom. The van der Waals surface area contributed by atoms with Gasteiger partial charge in [0.25, 0.3) is 0 Å². The van der Waals surface area contributed by atoms with Crippen LogP contribution in [-0.4, -0.2) is 0 Å². The highest BCUT2D eigenvalue weighted by Crippen LogP contribution is 2.47. The van der Waals surface area contributed by atoms with E-state index in [0.717, 1.165) is 0 Å². The minimum absolute atomic E-state index is 0.0254. The van der Waals surface area contributed by atoms with Crippen LogP contribution in [0.4, 0.5) is 0 Å². The van der Waals surface area contributed by atoms with Crippen molar-refractivity contribution in [1.82, 2.24) is 0 Å². The van der Waals surface area contributed by atoms with Crippen LogP contribution in [0.1, 0.15) is 30.5 Å². The summed E-state index contributed by atoms with van der Waals surface area (Å²) in [6, 6.07) is 32.6. The summed E-state index contributed by atoms with van der Waals surface area (Å²) in [5.74, 6) is 0. The van der Waals surface area contributed by atoms with Crippen LogP contribution in [0.25, 0.3) is 0 Å². The topological polar surface area (TPSA) is 0 Å². The molecule has 0 spiro atoms. The largest absolute Gasteiger partial charge is 0.0751 e. The van der Waals surface area contributed by atoms with E-state index in [-0.39, 0.29) is 10.8 Å². The third-order valence-electron chi connectivity index (χ3n) is 5.49. The normalized spacial score (nSPS) is 15.7. The molecular formula is C28H26. The van der Waals surface area contributed by atoms with Gasteiger partial charge in [0, 0.05) is 5.41 Å². The summed E-state index contributed by atoms with van der Waals surface area (Å²) in [7, 11) is 0. The molecule has 0 amide bonds. The molecule has 0 heteroatoms. The smallest absolute Gasteiger partial charge is 0.0698 e. The van der Waals surface area contributed by atoms with E-state index in [1.807, 2.05) is 0 Å². The summed E-state index contributed by atoms with van der Waals surface area (Å²) >= 11 is 0. The minimum atomic E-state index is -0.371. The van der Waals surface area contributed by atoms with Gasteiger partial charge in [0.15, 0.2) is 0 Å². The fraction of sp³-hybridized carbons (Fsp3) is 0.143. The molecule has 4 rings (SSSR count). The van der Waals surface area contributed by atoms with E-state index >= 15 is 0 Å². The molecule has 3 aromatic rings. The molecule has 0 heterocycles. The summed E-state index contributed by atoms with van der Waals surface area (Å²) in [5, 5.41) is 0. The first-order chi connectivity index (χ1) is 13.6. The first-order valence-electron chi connectivity index (χ1n) is 9.89. The summed E-state index contributed by atoms with van der Waals surface area (Å²) < 4.78 is 0. The highest BCUT2D eigenvalue weighted by atomic mass is 14.4. The number of hydrogen-bond acceptors (Lipinski definition) is 0. The molecule has 0 radical (unpaired) electrons. The van der Waals surface area contributed by atoms with E-state index in [4.69, 9.17) is 0 Å². The lowest BCUT2D eigenvalue weighted by atomic mass is 9.63. The van der Waals surface area contributed by atoms with Gasteiger partial charge in [-0.2, -0.15) is 0 Å². The van der Waals surface area contributed by atoms with Crippen molar-refractivity contribution in [1.29, 1.82) is 0 Å². The van der Waals surface area contributed by atoms with Crippen molar-refractivity contribution in [3.8, 4) is 0 Å². The zero-order valence-corrected chi connectivity index (χ0v) is 16.5. The standard InChI is InChI=1S/C28H26/c1-27(2)21-13-12-20-26(22-27)28(23-14-6-3-7-15-23,24-16-8-4-9-17-24)25-18-10-5-11-19-25/h3-22H,1-2H3.